The van der Waals surface area contributed by atoms with Crippen LogP contribution in [0.2, 0.25) is 0 Å². The maximum absolute atomic E-state index is 12.7. The summed E-state index contributed by atoms with van der Waals surface area (Å²) in [6.07, 6.45) is 0. The zero-order chi connectivity index (χ0) is 15.7. The van der Waals surface area contributed by atoms with E-state index in [1.807, 2.05) is 55.6 Å². The smallest absolute Gasteiger partial charge is 0.227 e. The number of carbonyl (C=O) groups excluding carboxylic acids is 1. The van der Waals surface area contributed by atoms with Crippen LogP contribution < -0.4 is 16.0 Å². The van der Waals surface area contributed by atoms with Gasteiger partial charge in [0.1, 0.15) is 0 Å². The number of hydrogen-bond donors (Lipinski definition) is 3. The third-order valence-corrected chi connectivity index (χ3v) is 5.37. The molecule has 0 rings (SSSR count). The molecule has 4 nitrogen and oxygen atoms in total. The molecule has 0 saturated carbocycles. The Morgan fingerprint density at radius 1 is 0.684 bits per heavy atom. The van der Waals surface area contributed by atoms with Crippen molar-refractivity contribution >= 4 is 5.91 Å². The summed E-state index contributed by atoms with van der Waals surface area (Å²) in [6, 6.07) is 0. The highest BCUT2D eigenvalue weighted by atomic mass is 16.2. The Morgan fingerprint density at radius 2 is 1.05 bits per heavy atom. The van der Waals surface area contributed by atoms with E-state index in [0.29, 0.717) is 0 Å². The highest BCUT2D eigenvalue weighted by molar-refractivity contribution is 5.84. The van der Waals surface area contributed by atoms with Crippen LogP contribution in [0.15, 0.2) is 0 Å². The van der Waals surface area contributed by atoms with E-state index in [0.717, 1.165) is 0 Å². The predicted octanol–water partition coefficient (Wildman–Crippen LogP) is 1.90. The first-order valence-electron chi connectivity index (χ1n) is 6.95. The van der Waals surface area contributed by atoms with Crippen molar-refractivity contribution in [2.45, 2.75) is 72.0 Å². The molecule has 4 heteroatoms. The average Bonchev–Trinajstić information content (AvgIpc) is 2.27. The predicted molar refractivity (Wildman–Crippen MR) is 82.3 cm³/mol. The molecule has 114 valence electrons. The molecule has 19 heavy (non-hydrogen) atoms. The second kappa shape index (κ2) is 5.41. The van der Waals surface area contributed by atoms with Crippen molar-refractivity contribution in [2.75, 3.05) is 14.1 Å². The van der Waals surface area contributed by atoms with Gasteiger partial charge in [-0.15, -0.1) is 0 Å². The Morgan fingerprint density at radius 3 is 1.37 bits per heavy atom. The highest BCUT2D eigenvalue weighted by Crippen LogP contribution is 2.32. The summed E-state index contributed by atoms with van der Waals surface area (Å²) in [5.74, 6) is 0.0557. The van der Waals surface area contributed by atoms with Gasteiger partial charge in [0.15, 0.2) is 0 Å². The number of nitrogens with one attached hydrogen (secondary N) is 3. The van der Waals surface area contributed by atoms with Crippen LogP contribution in [0.5, 0.6) is 0 Å². The van der Waals surface area contributed by atoms with Gasteiger partial charge in [-0.3, -0.25) is 4.79 Å². The summed E-state index contributed by atoms with van der Waals surface area (Å²) < 4.78 is 0. The summed E-state index contributed by atoms with van der Waals surface area (Å²) in [4.78, 5) is 12.7. The number of likely N-dealkylation sites (N-methyl/N-ethyl adjacent to an activating group) is 1. The van der Waals surface area contributed by atoms with Crippen molar-refractivity contribution in [1.29, 1.82) is 0 Å². The van der Waals surface area contributed by atoms with Gasteiger partial charge in [0.2, 0.25) is 5.91 Å². The Hall–Kier alpha value is -0.610. The van der Waals surface area contributed by atoms with Gasteiger partial charge in [0.05, 0.1) is 11.0 Å². The first-order chi connectivity index (χ1) is 8.25. The second-order valence-corrected chi connectivity index (χ2v) is 7.45. The Bertz CT molecular complexity index is 330. The van der Waals surface area contributed by atoms with Crippen LogP contribution in [-0.2, 0) is 4.79 Å². The molecule has 0 spiro atoms. The van der Waals surface area contributed by atoms with Crippen molar-refractivity contribution < 1.29 is 4.79 Å². The summed E-state index contributed by atoms with van der Waals surface area (Å²) in [5.41, 5.74) is -1.33. The lowest BCUT2D eigenvalue weighted by Crippen LogP contribution is -2.67. The molecule has 0 aliphatic carbocycles. The summed E-state index contributed by atoms with van der Waals surface area (Å²) >= 11 is 0. The standard InChI is InChI=1S/C15H33N3O/c1-12(2,13(3,4)16-9)11(19)18-15(7,8)14(5,6)17-10/h16-17H,1-10H3,(H,18,19). The maximum atomic E-state index is 12.7. The third-order valence-electron chi connectivity index (χ3n) is 5.37. The van der Waals surface area contributed by atoms with E-state index < -0.39 is 5.41 Å². The van der Waals surface area contributed by atoms with Crippen molar-refractivity contribution in [1.82, 2.24) is 16.0 Å². The van der Waals surface area contributed by atoms with Gasteiger partial charge in [0, 0.05) is 11.1 Å². The SMILES string of the molecule is CNC(C)(C)C(C)(C)NC(=O)C(C)(C)C(C)(C)NC. The van der Waals surface area contributed by atoms with E-state index in [1.165, 1.54) is 0 Å². The Labute approximate surface area is 119 Å². The fourth-order valence-corrected chi connectivity index (χ4v) is 1.51. The maximum Gasteiger partial charge on any atom is 0.227 e. The number of amides is 1. The molecular weight excluding hydrogens is 238 g/mol. The third kappa shape index (κ3) is 3.48. The van der Waals surface area contributed by atoms with Gasteiger partial charge in [-0.1, -0.05) is 0 Å². The van der Waals surface area contributed by atoms with Gasteiger partial charge in [0.25, 0.3) is 0 Å². The molecular formula is C15H33N3O. The number of rotatable bonds is 6. The van der Waals surface area contributed by atoms with E-state index in [1.54, 1.807) is 0 Å². The summed E-state index contributed by atoms with van der Waals surface area (Å²) in [7, 11) is 3.80. The zero-order valence-electron chi connectivity index (χ0n) is 14.4. The molecule has 0 atom stereocenters. The molecule has 0 aromatic rings. The quantitative estimate of drug-likeness (QED) is 0.691. The molecule has 0 saturated heterocycles. The van der Waals surface area contributed by atoms with Gasteiger partial charge in [-0.2, -0.15) is 0 Å². The second-order valence-electron chi connectivity index (χ2n) is 7.45. The molecule has 0 heterocycles. The van der Waals surface area contributed by atoms with E-state index >= 15 is 0 Å². The minimum Gasteiger partial charge on any atom is -0.349 e. The molecule has 0 radical (unpaired) electrons. The number of carbonyl (C=O) groups is 1. The van der Waals surface area contributed by atoms with Crippen LogP contribution in [0, 0.1) is 5.41 Å². The molecule has 1 amide bonds. The molecule has 0 bridgehead atoms. The summed E-state index contributed by atoms with van der Waals surface area (Å²) in [6.45, 7) is 16.3. The first-order valence-corrected chi connectivity index (χ1v) is 6.95. The van der Waals surface area contributed by atoms with Crippen LogP contribution in [-0.4, -0.2) is 36.6 Å². The van der Waals surface area contributed by atoms with Gasteiger partial charge in [-0.05, 0) is 69.5 Å². The van der Waals surface area contributed by atoms with E-state index in [-0.39, 0.29) is 22.5 Å². The monoisotopic (exact) mass is 271 g/mol. The molecule has 0 aliphatic heterocycles. The molecule has 0 unspecified atom stereocenters. The Kier molecular flexibility index (Phi) is 5.23. The minimum atomic E-state index is -0.511. The lowest BCUT2D eigenvalue weighted by atomic mass is 9.72. The van der Waals surface area contributed by atoms with E-state index in [9.17, 15) is 4.79 Å². The minimum absolute atomic E-state index is 0.0557. The van der Waals surface area contributed by atoms with E-state index in [4.69, 9.17) is 0 Å². The van der Waals surface area contributed by atoms with Crippen LogP contribution in [0.1, 0.15) is 55.4 Å². The fourth-order valence-electron chi connectivity index (χ4n) is 1.51. The lowest BCUT2D eigenvalue weighted by Gasteiger charge is -2.46. The Balaban J connectivity index is 5.18. The topological polar surface area (TPSA) is 53.2 Å². The zero-order valence-corrected chi connectivity index (χ0v) is 14.4. The molecule has 0 aromatic carbocycles. The van der Waals surface area contributed by atoms with Crippen molar-refractivity contribution in [3.8, 4) is 0 Å². The fraction of sp³-hybridized carbons (Fsp3) is 0.933. The normalized spacial score (nSPS) is 14.4. The van der Waals surface area contributed by atoms with E-state index in [2.05, 4.69) is 29.8 Å². The van der Waals surface area contributed by atoms with Crippen molar-refractivity contribution in [2.24, 2.45) is 5.41 Å². The van der Waals surface area contributed by atoms with Crippen molar-refractivity contribution in [3.05, 3.63) is 0 Å². The van der Waals surface area contributed by atoms with Gasteiger partial charge >= 0.3 is 0 Å². The van der Waals surface area contributed by atoms with Gasteiger partial charge < -0.3 is 16.0 Å². The van der Waals surface area contributed by atoms with Crippen LogP contribution in [0.4, 0.5) is 0 Å². The lowest BCUT2D eigenvalue weighted by molar-refractivity contribution is -0.135. The highest BCUT2D eigenvalue weighted by Gasteiger charge is 2.46. The molecule has 3 N–H and O–H groups in total. The molecule has 0 aliphatic rings. The van der Waals surface area contributed by atoms with Crippen LogP contribution >= 0.6 is 0 Å². The largest absolute Gasteiger partial charge is 0.349 e. The summed E-state index contributed by atoms with van der Waals surface area (Å²) in [5, 5.41) is 9.67. The van der Waals surface area contributed by atoms with Gasteiger partial charge in [-0.25, -0.2) is 0 Å². The van der Waals surface area contributed by atoms with Crippen molar-refractivity contribution in [3.63, 3.8) is 0 Å². The number of hydrogen-bond acceptors (Lipinski definition) is 3. The average molecular weight is 271 g/mol. The molecule has 0 aromatic heterocycles. The first kappa shape index (κ1) is 18.4. The van der Waals surface area contributed by atoms with Crippen LogP contribution in [0.25, 0.3) is 0 Å². The molecule has 0 fully saturated rings. The van der Waals surface area contributed by atoms with Crippen LogP contribution in [0.3, 0.4) is 0 Å².